The summed E-state index contributed by atoms with van der Waals surface area (Å²) >= 11 is 0. The standard InChI is InChI=1S/C22H21N3O2S/c23-16-20-7-3-4-8-21(20)17-24-11-13-25(14-12-24)28(26,27)22-10-9-18-5-1-2-6-19(18)15-22/h1-10,15H,11-14,17H2. The van der Waals surface area contributed by atoms with Crippen molar-refractivity contribution in [3.63, 3.8) is 0 Å². The minimum absolute atomic E-state index is 0.342. The summed E-state index contributed by atoms with van der Waals surface area (Å²) in [5, 5.41) is 11.2. The number of hydrogen-bond acceptors (Lipinski definition) is 4. The lowest BCUT2D eigenvalue weighted by Gasteiger charge is -2.34. The average Bonchev–Trinajstić information content (AvgIpc) is 2.74. The molecule has 0 N–H and O–H groups in total. The van der Waals surface area contributed by atoms with Crippen LogP contribution in [0, 0.1) is 11.3 Å². The molecule has 0 bridgehead atoms. The molecule has 5 nitrogen and oxygen atoms in total. The van der Waals surface area contributed by atoms with Gasteiger partial charge >= 0.3 is 0 Å². The van der Waals surface area contributed by atoms with E-state index in [1.165, 1.54) is 0 Å². The third kappa shape index (κ3) is 3.65. The molecule has 1 saturated heterocycles. The molecule has 0 spiro atoms. The van der Waals surface area contributed by atoms with E-state index in [1.807, 2.05) is 54.6 Å². The van der Waals surface area contributed by atoms with Crippen LogP contribution >= 0.6 is 0 Å². The fraction of sp³-hybridized carbons (Fsp3) is 0.227. The van der Waals surface area contributed by atoms with Crippen molar-refractivity contribution in [1.82, 2.24) is 9.21 Å². The van der Waals surface area contributed by atoms with Gasteiger partial charge in [-0.15, -0.1) is 0 Å². The topological polar surface area (TPSA) is 64.4 Å². The Bertz CT molecular complexity index is 1140. The van der Waals surface area contributed by atoms with Gasteiger partial charge in [-0.25, -0.2) is 8.42 Å². The molecule has 1 aliphatic rings. The number of sulfonamides is 1. The van der Waals surface area contributed by atoms with Gasteiger partial charge in [-0.2, -0.15) is 9.57 Å². The monoisotopic (exact) mass is 391 g/mol. The van der Waals surface area contributed by atoms with Crippen molar-refractivity contribution in [2.75, 3.05) is 26.2 Å². The molecule has 3 aromatic carbocycles. The van der Waals surface area contributed by atoms with Crippen LogP contribution in [-0.4, -0.2) is 43.8 Å². The Balaban J connectivity index is 1.47. The van der Waals surface area contributed by atoms with Crippen molar-refractivity contribution in [2.24, 2.45) is 0 Å². The number of fused-ring (bicyclic) bond motifs is 1. The smallest absolute Gasteiger partial charge is 0.243 e. The van der Waals surface area contributed by atoms with Crippen LogP contribution in [0.25, 0.3) is 10.8 Å². The van der Waals surface area contributed by atoms with Crippen molar-refractivity contribution >= 4 is 20.8 Å². The van der Waals surface area contributed by atoms with Gasteiger partial charge in [0.05, 0.1) is 16.5 Å². The summed E-state index contributed by atoms with van der Waals surface area (Å²) in [6, 6.07) is 22.8. The van der Waals surface area contributed by atoms with E-state index in [4.69, 9.17) is 0 Å². The molecule has 0 amide bonds. The summed E-state index contributed by atoms with van der Waals surface area (Å²) in [5.41, 5.74) is 1.66. The Morgan fingerprint density at radius 2 is 1.54 bits per heavy atom. The predicted molar refractivity (Wildman–Crippen MR) is 109 cm³/mol. The molecule has 142 valence electrons. The van der Waals surface area contributed by atoms with Crippen LogP contribution in [0.2, 0.25) is 0 Å². The summed E-state index contributed by atoms with van der Waals surface area (Å²) in [4.78, 5) is 2.54. The molecular weight excluding hydrogens is 370 g/mol. The maximum Gasteiger partial charge on any atom is 0.243 e. The molecule has 3 aromatic rings. The first-order valence-corrected chi connectivity index (χ1v) is 10.7. The summed E-state index contributed by atoms with van der Waals surface area (Å²) in [5.74, 6) is 0. The molecule has 0 radical (unpaired) electrons. The summed E-state index contributed by atoms with van der Waals surface area (Å²) < 4.78 is 27.7. The molecule has 1 heterocycles. The highest BCUT2D eigenvalue weighted by Gasteiger charge is 2.28. The molecule has 0 aromatic heterocycles. The zero-order chi connectivity index (χ0) is 19.6. The van der Waals surface area contributed by atoms with Gasteiger partial charge in [0.15, 0.2) is 0 Å². The van der Waals surface area contributed by atoms with Gasteiger partial charge in [-0.1, -0.05) is 48.5 Å². The molecule has 0 unspecified atom stereocenters. The van der Waals surface area contributed by atoms with E-state index in [0.29, 0.717) is 43.2 Å². The van der Waals surface area contributed by atoms with Gasteiger partial charge in [0.25, 0.3) is 0 Å². The maximum atomic E-state index is 13.1. The van der Waals surface area contributed by atoms with Gasteiger partial charge < -0.3 is 0 Å². The summed E-state index contributed by atoms with van der Waals surface area (Å²) in [7, 11) is -3.51. The van der Waals surface area contributed by atoms with E-state index in [0.717, 1.165) is 16.3 Å². The molecule has 0 saturated carbocycles. The number of nitriles is 1. The first-order valence-electron chi connectivity index (χ1n) is 9.27. The highest BCUT2D eigenvalue weighted by atomic mass is 32.2. The van der Waals surface area contributed by atoms with E-state index in [-0.39, 0.29) is 0 Å². The number of benzene rings is 3. The van der Waals surface area contributed by atoms with Crippen molar-refractivity contribution in [1.29, 1.82) is 5.26 Å². The first-order chi connectivity index (χ1) is 13.6. The third-order valence-electron chi connectivity index (χ3n) is 5.22. The second-order valence-corrected chi connectivity index (χ2v) is 8.90. The molecule has 1 fully saturated rings. The van der Waals surface area contributed by atoms with Crippen molar-refractivity contribution in [2.45, 2.75) is 11.4 Å². The quantitative estimate of drug-likeness (QED) is 0.685. The SMILES string of the molecule is N#Cc1ccccc1CN1CCN(S(=O)(=O)c2ccc3ccccc3c2)CC1. The Labute approximate surface area is 165 Å². The molecule has 0 atom stereocenters. The largest absolute Gasteiger partial charge is 0.296 e. The minimum Gasteiger partial charge on any atom is -0.296 e. The minimum atomic E-state index is -3.51. The van der Waals surface area contributed by atoms with Crippen LogP contribution in [0.5, 0.6) is 0 Å². The van der Waals surface area contributed by atoms with Gasteiger partial charge in [0, 0.05) is 32.7 Å². The summed E-state index contributed by atoms with van der Waals surface area (Å²) in [6.45, 7) is 2.85. The molecule has 0 aliphatic carbocycles. The van der Waals surface area contributed by atoms with Crippen LogP contribution in [-0.2, 0) is 16.6 Å². The highest BCUT2D eigenvalue weighted by Crippen LogP contribution is 2.23. The van der Waals surface area contributed by atoms with E-state index in [1.54, 1.807) is 16.4 Å². The second-order valence-electron chi connectivity index (χ2n) is 6.96. The number of rotatable bonds is 4. The van der Waals surface area contributed by atoms with Crippen LogP contribution in [0.3, 0.4) is 0 Å². The lowest BCUT2D eigenvalue weighted by atomic mass is 10.1. The van der Waals surface area contributed by atoms with Crippen LogP contribution in [0.4, 0.5) is 0 Å². The second kappa shape index (κ2) is 7.72. The Morgan fingerprint density at radius 3 is 2.29 bits per heavy atom. The maximum absolute atomic E-state index is 13.1. The van der Waals surface area contributed by atoms with E-state index >= 15 is 0 Å². The van der Waals surface area contributed by atoms with E-state index in [9.17, 15) is 13.7 Å². The van der Waals surface area contributed by atoms with Crippen LogP contribution < -0.4 is 0 Å². The Kier molecular flexibility index (Phi) is 5.14. The number of hydrogen-bond donors (Lipinski definition) is 0. The molecule has 6 heteroatoms. The van der Waals surface area contributed by atoms with Crippen molar-refractivity contribution in [3.8, 4) is 6.07 Å². The molecule has 4 rings (SSSR count). The highest BCUT2D eigenvalue weighted by molar-refractivity contribution is 7.89. The van der Waals surface area contributed by atoms with Crippen LogP contribution in [0.1, 0.15) is 11.1 Å². The Morgan fingerprint density at radius 1 is 0.857 bits per heavy atom. The zero-order valence-electron chi connectivity index (χ0n) is 15.5. The molecule has 28 heavy (non-hydrogen) atoms. The third-order valence-corrected chi connectivity index (χ3v) is 7.12. The van der Waals surface area contributed by atoms with E-state index < -0.39 is 10.0 Å². The van der Waals surface area contributed by atoms with Gasteiger partial charge in [0.2, 0.25) is 10.0 Å². The predicted octanol–water partition coefficient (Wildman–Crippen LogP) is 3.22. The normalized spacial score (nSPS) is 16.1. The van der Waals surface area contributed by atoms with E-state index in [2.05, 4.69) is 11.0 Å². The lowest BCUT2D eigenvalue weighted by molar-refractivity contribution is 0.181. The first kappa shape index (κ1) is 18.6. The number of piperazine rings is 1. The average molecular weight is 391 g/mol. The number of nitrogens with zero attached hydrogens (tertiary/aromatic N) is 3. The molecular formula is C22H21N3O2S. The van der Waals surface area contributed by atoms with Gasteiger partial charge in [-0.3, -0.25) is 4.90 Å². The van der Waals surface area contributed by atoms with Crippen molar-refractivity contribution < 1.29 is 8.42 Å². The summed E-state index contributed by atoms with van der Waals surface area (Å²) in [6.07, 6.45) is 0. The molecule has 1 aliphatic heterocycles. The zero-order valence-corrected chi connectivity index (χ0v) is 16.3. The fourth-order valence-electron chi connectivity index (χ4n) is 3.61. The van der Waals surface area contributed by atoms with Gasteiger partial charge in [-0.05, 0) is 34.5 Å². The van der Waals surface area contributed by atoms with Crippen molar-refractivity contribution in [3.05, 3.63) is 77.9 Å². The van der Waals surface area contributed by atoms with Gasteiger partial charge in [0.1, 0.15) is 0 Å². The Hall–Kier alpha value is -2.72. The van der Waals surface area contributed by atoms with Crippen LogP contribution in [0.15, 0.2) is 71.6 Å². The fourth-order valence-corrected chi connectivity index (χ4v) is 5.07. The lowest BCUT2D eigenvalue weighted by Crippen LogP contribution is -2.48.